The minimum atomic E-state index is -4.94. The van der Waals surface area contributed by atoms with Crippen molar-refractivity contribution in [1.29, 1.82) is 0 Å². The molecule has 4 aliphatic rings. The summed E-state index contributed by atoms with van der Waals surface area (Å²) < 4.78 is 86.2. The van der Waals surface area contributed by atoms with E-state index in [1.807, 2.05) is 23.9 Å². The third kappa shape index (κ3) is 5.18. The monoisotopic (exact) mass is 653 g/mol. The molecule has 2 atom stereocenters. The van der Waals surface area contributed by atoms with Gasteiger partial charge >= 0.3 is 12.2 Å². The summed E-state index contributed by atoms with van der Waals surface area (Å²) in [6.45, 7) is 2.48. The number of benzene rings is 1. The largest absolute Gasteiger partial charge is 0.475 e. The molecule has 1 aromatic carbocycles. The van der Waals surface area contributed by atoms with Crippen LogP contribution >= 0.6 is 11.6 Å². The van der Waals surface area contributed by atoms with E-state index in [9.17, 15) is 17.6 Å². The lowest BCUT2D eigenvalue weighted by molar-refractivity contribution is -0.137. The van der Waals surface area contributed by atoms with Crippen LogP contribution in [0.2, 0.25) is 5.02 Å². The van der Waals surface area contributed by atoms with Gasteiger partial charge < -0.3 is 25.0 Å². The molecule has 0 unspecified atom stereocenters. The zero-order valence-corrected chi connectivity index (χ0v) is 25.6. The maximum atomic E-state index is 16.7. The van der Waals surface area contributed by atoms with Gasteiger partial charge in [-0.05, 0) is 58.5 Å². The second-order valence-corrected chi connectivity index (χ2v) is 13.3. The fourth-order valence-electron chi connectivity index (χ4n) is 7.10. The van der Waals surface area contributed by atoms with Crippen LogP contribution in [0.4, 0.5) is 33.5 Å². The van der Waals surface area contributed by atoms with Crippen LogP contribution in [-0.2, 0) is 6.18 Å². The van der Waals surface area contributed by atoms with Crippen LogP contribution in [0, 0.1) is 5.82 Å². The Morgan fingerprint density at radius 2 is 1.96 bits per heavy atom. The molecule has 5 heterocycles. The molecule has 7 rings (SSSR count). The highest BCUT2D eigenvalue weighted by Gasteiger charge is 2.53. The van der Waals surface area contributed by atoms with Gasteiger partial charge in [0.2, 0.25) is 5.88 Å². The molecule has 2 N–H and O–H groups in total. The predicted molar refractivity (Wildman–Crippen MR) is 159 cm³/mol. The van der Waals surface area contributed by atoms with Crippen LogP contribution in [0.15, 0.2) is 12.1 Å². The van der Waals surface area contributed by atoms with Crippen LogP contribution in [0.3, 0.4) is 0 Å². The molecule has 3 aromatic rings. The van der Waals surface area contributed by atoms with Crippen LogP contribution < -0.4 is 20.1 Å². The van der Waals surface area contributed by atoms with E-state index in [1.165, 1.54) is 0 Å². The van der Waals surface area contributed by atoms with E-state index in [2.05, 4.69) is 14.9 Å². The Balaban J connectivity index is 1.42. The van der Waals surface area contributed by atoms with Crippen molar-refractivity contribution >= 4 is 34.0 Å². The summed E-state index contributed by atoms with van der Waals surface area (Å²) in [6.07, 6.45) is -2.44. The smallest absolute Gasteiger partial charge is 0.418 e. The zero-order valence-electron chi connectivity index (χ0n) is 24.9. The highest BCUT2D eigenvalue weighted by atomic mass is 35.5. The lowest BCUT2D eigenvalue weighted by Crippen LogP contribution is -2.45. The van der Waals surface area contributed by atoms with Crippen molar-refractivity contribution in [2.45, 2.75) is 55.5 Å². The Hall–Kier alpha value is -3.23. The highest BCUT2D eigenvalue weighted by molar-refractivity contribution is 6.32. The van der Waals surface area contributed by atoms with Crippen molar-refractivity contribution in [3.8, 4) is 23.1 Å². The van der Waals surface area contributed by atoms with E-state index in [1.54, 1.807) is 0 Å². The van der Waals surface area contributed by atoms with Gasteiger partial charge in [-0.3, -0.25) is 4.90 Å². The van der Waals surface area contributed by atoms with E-state index in [4.69, 9.17) is 31.8 Å². The predicted octanol–water partition coefficient (Wildman–Crippen LogP) is 5.33. The van der Waals surface area contributed by atoms with Crippen LogP contribution in [0.1, 0.15) is 37.7 Å². The molecule has 0 bridgehead atoms. The highest BCUT2D eigenvalue weighted by Crippen LogP contribution is 2.51. The SMILES string of the molecule is CN(C)CCN1c2nc(OC[C@@]34CCCN3C[C@H](F)C4)nc3c(F)c(-c4cc(N)cc(Cl)c4C(F)(F)F)nc(c23)OCC12CC2. The number of pyridine rings is 1. The molecule has 2 aromatic heterocycles. The summed E-state index contributed by atoms with van der Waals surface area (Å²) in [5.41, 5.74) is 1.93. The first-order valence-electron chi connectivity index (χ1n) is 15.0. The lowest BCUT2D eigenvalue weighted by Gasteiger charge is -2.33. The topological polar surface area (TPSA) is 92.9 Å². The fourth-order valence-corrected chi connectivity index (χ4v) is 7.44. The average Bonchev–Trinajstić information content (AvgIpc) is 3.56. The molecule has 0 amide bonds. The molecule has 3 fully saturated rings. The number of fused-ring (bicyclic) bond motifs is 1. The Labute approximate surface area is 261 Å². The number of nitrogen functional groups attached to an aromatic ring is 1. The molecule has 1 aliphatic carbocycles. The van der Waals surface area contributed by atoms with E-state index in [0.717, 1.165) is 44.4 Å². The molecule has 1 spiro atoms. The number of ether oxygens (including phenoxy) is 2. The number of alkyl halides is 4. The summed E-state index contributed by atoms with van der Waals surface area (Å²) in [5.74, 6) is -0.885. The quantitative estimate of drug-likeness (QED) is 0.268. The minimum absolute atomic E-state index is 0.0904. The Kier molecular flexibility index (Phi) is 7.21. The lowest BCUT2D eigenvalue weighted by atomic mass is 9.95. The van der Waals surface area contributed by atoms with Crippen LogP contribution in [-0.4, -0.2) is 95.5 Å². The molecule has 9 nitrogen and oxygen atoms in total. The summed E-state index contributed by atoms with van der Waals surface area (Å²) in [5, 5.41) is -0.548. The Bertz CT molecular complexity index is 1670. The zero-order chi connectivity index (χ0) is 31.9. The van der Waals surface area contributed by atoms with Gasteiger partial charge in [-0.25, -0.2) is 13.8 Å². The van der Waals surface area contributed by atoms with Gasteiger partial charge in [0.05, 0.1) is 21.7 Å². The number of nitrogens with two attached hydrogens (primary N) is 1. The van der Waals surface area contributed by atoms with Crippen LogP contribution in [0.5, 0.6) is 11.9 Å². The number of halogens is 6. The minimum Gasteiger partial charge on any atom is -0.475 e. The average molecular weight is 654 g/mol. The third-order valence-corrected chi connectivity index (χ3v) is 9.80. The summed E-state index contributed by atoms with van der Waals surface area (Å²) in [7, 11) is 3.86. The molecular weight excluding hydrogens is 621 g/mol. The molecular formula is C30H33ClF5N7O2. The Morgan fingerprint density at radius 3 is 2.67 bits per heavy atom. The van der Waals surface area contributed by atoms with E-state index in [0.29, 0.717) is 31.9 Å². The van der Waals surface area contributed by atoms with Crippen molar-refractivity contribution in [2.24, 2.45) is 0 Å². The second kappa shape index (κ2) is 10.7. The van der Waals surface area contributed by atoms with Gasteiger partial charge in [-0.15, -0.1) is 0 Å². The van der Waals surface area contributed by atoms with E-state index in [-0.39, 0.29) is 41.7 Å². The van der Waals surface area contributed by atoms with E-state index < -0.39 is 51.1 Å². The molecule has 3 aliphatic heterocycles. The summed E-state index contributed by atoms with van der Waals surface area (Å²) >= 11 is 6.02. The number of nitrogens with zero attached hydrogens (tertiary/aromatic N) is 6. The van der Waals surface area contributed by atoms with Gasteiger partial charge in [0.1, 0.15) is 41.8 Å². The van der Waals surface area contributed by atoms with Gasteiger partial charge in [0.15, 0.2) is 5.82 Å². The molecule has 2 saturated heterocycles. The Morgan fingerprint density at radius 1 is 1.18 bits per heavy atom. The second-order valence-electron chi connectivity index (χ2n) is 12.9. The third-order valence-electron chi connectivity index (χ3n) is 9.50. The first kappa shape index (κ1) is 30.4. The van der Waals surface area contributed by atoms with Crippen LogP contribution in [0.25, 0.3) is 22.2 Å². The van der Waals surface area contributed by atoms with Crippen molar-refractivity contribution in [1.82, 2.24) is 24.8 Å². The molecule has 15 heteroatoms. The summed E-state index contributed by atoms with van der Waals surface area (Å²) in [4.78, 5) is 19.6. The first-order chi connectivity index (χ1) is 21.3. The van der Waals surface area contributed by atoms with Gasteiger partial charge in [0.25, 0.3) is 0 Å². The molecule has 1 saturated carbocycles. The molecule has 45 heavy (non-hydrogen) atoms. The number of hydrogen-bond acceptors (Lipinski definition) is 9. The summed E-state index contributed by atoms with van der Waals surface area (Å²) in [6, 6.07) is 1.79. The maximum absolute atomic E-state index is 16.7. The normalized spacial score (nSPS) is 23.9. The molecule has 0 radical (unpaired) electrons. The number of likely N-dealkylation sites (N-methyl/N-ethyl adjacent to an activating group) is 1. The number of hydrogen-bond donors (Lipinski definition) is 1. The van der Waals surface area contributed by atoms with Crippen molar-refractivity contribution in [3.05, 3.63) is 28.5 Å². The number of aromatic nitrogens is 3. The standard InChI is InChI=1S/C30H33ClF5N7O2/c1-41(2)8-9-43-25-20-24(39-27(40-25)45-15-29-4-3-7-42(29)13-16(32)12-29)22(33)23(38-26(20)44-14-28(43)5-6-28)18-10-17(37)11-19(31)21(18)30(34,35)36/h10-11,16H,3-9,12-15,37H2,1-2H3/t16-,29+/m1/s1. The first-order valence-corrected chi connectivity index (χ1v) is 15.3. The maximum Gasteiger partial charge on any atom is 0.418 e. The van der Waals surface area contributed by atoms with Gasteiger partial charge in [-0.2, -0.15) is 23.1 Å². The number of rotatable bonds is 7. The number of anilines is 2. The van der Waals surface area contributed by atoms with Crippen molar-refractivity contribution < 1.29 is 31.4 Å². The van der Waals surface area contributed by atoms with Gasteiger partial charge in [0, 0.05) is 37.3 Å². The van der Waals surface area contributed by atoms with Crippen molar-refractivity contribution in [2.75, 3.05) is 64.1 Å². The van der Waals surface area contributed by atoms with Crippen molar-refractivity contribution in [3.63, 3.8) is 0 Å². The van der Waals surface area contributed by atoms with E-state index >= 15 is 4.39 Å². The van der Waals surface area contributed by atoms with Gasteiger partial charge in [-0.1, -0.05) is 11.6 Å². The fraction of sp³-hybridized carbons (Fsp3) is 0.567. The molecule has 242 valence electrons.